The molecule has 3 rings (SSSR count). The van der Waals surface area contributed by atoms with E-state index in [2.05, 4.69) is 15.4 Å². The molecule has 1 N–H and O–H groups in total. The molecule has 2 heterocycles. The largest absolute Gasteiger partial charge is 0.478 e. The lowest BCUT2D eigenvalue weighted by molar-refractivity contribution is 0.102. The molecule has 1 amide bonds. The third-order valence-corrected chi connectivity index (χ3v) is 3.55. The summed E-state index contributed by atoms with van der Waals surface area (Å²) < 4.78 is 6.86. The fourth-order valence-corrected chi connectivity index (χ4v) is 2.33. The van der Waals surface area contributed by atoms with Gasteiger partial charge in [-0.15, -0.1) is 0 Å². The van der Waals surface area contributed by atoms with Crippen LogP contribution in [0, 0.1) is 0 Å². The Balaban J connectivity index is 1.72. The average molecular weight is 343 g/mol. The summed E-state index contributed by atoms with van der Waals surface area (Å²) >= 11 is 6.14. The van der Waals surface area contributed by atoms with E-state index < -0.39 is 0 Å². The highest BCUT2D eigenvalue weighted by Crippen LogP contribution is 2.20. The minimum Gasteiger partial charge on any atom is -0.478 e. The van der Waals surface area contributed by atoms with Gasteiger partial charge in [-0.1, -0.05) is 23.7 Å². The van der Waals surface area contributed by atoms with Crippen LogP contribution in [0.25, 0.3) is 5.69 Å². The van der Waals surface area contributed by atoms with Gasteiger partial charge >= 0.3 is 0 Å². The van der Waals surface area contributed by atoms with E-state index in [1.807, 2.05) is 25.1 Å². The monoisotopic (exact) mass is 342 g/mol. The maximum Gasteiger partial charge on any atom is 0.257 e. The van der Waals surface area contributed by atoms with Crippen molar-refractivity contribution in [1.82, 2.24) is 14.8 Å². The molecule has 0 saturated heterocycles. The van der Waals surface area contributed by atoms with Gasteiger partial charge < -0.3 is 10.1 Å². The second kappa shape index (κ2) is 7.14. The number of amides is 1. The molecule has 7 heteroatoms. The van der Waals surface area contributed by atoms with Crippen molar-refractivity contribution in [3.8, 4) is 11.6 Å². The summed E-state index contributed by atoms with van der Waals surface area (Å²) in [5.41, 5.74) is 1.74. The number of rotatable bonds is 5. The number of nitrogens with one attached hydrogen (secondary N) is 1. The summed E-state index contributed by atoms with van der Waals surface area (Å²) in [6.07, 6.45) is 4.73. The zero-order valence-corrected chi connectivity index (χ0v) is 13.7. The molecule has 0 radical (unpaired) electrons. The van der Waals surface area contributed by atoms with Gasteiger partial charge in [0.15, 0.2) is 0 Å². The van der Waals surface area contributed by atoms with Gasteiger partial charge in [0.25, 0.3) is 5.91 Å². The fraction of sp³-hybridized carbons (Fsp3) is 0.118. The van der Waals surface area contributed by atoms with E-state index in [1.54, 1.807) is 35.3 Å². The van der Waals surface area contributed by atoms with E-state index in [9.17, 15) is 4.79 Å². The summed E-state index contributed by atoms with van der Waals surface area (Å²) in [7, 11) is 0. The second-order valence-electron chi connectivity index (χ2n) is 4.90. The number of benzene rings is 1. The molecule has 0 aliphatic rings. The van der Waals surface area contributed by atoms with Crippen LogP contribution in [0.3, 0.4) is 0 Å². The molecule has 0 aliphatic carbocycles. The number of ether oxygens (including phenoxy) is 1. The molecule has 0 bridgehead atoms. The van der Waals surface area contributed by atoms with Crippen LogP contribution in [0.15, 0.2) is 55.0 Å². The Labute approximate surface area is 144 Å². The number of halogens is 1. The molecule has 0 unspecified atom stereocenters. The first kappa shape index (κ1) is 16.0. The van der Waals surface area contributed by atoms with E-state index in [1.165, 1.54) is 6.20 Å². The number of aromatic nitrogens is 3. The van der Waals surface area contributed by atoms with Crippen LogP contribution < -0.4 is 10.1 Å². The van der Waals surface area contributed by atoms with Crippen molar-refractivity contribution in [2.45, 2.75) is 6.92 Å². The third kappa shape index (κ3) is 3.55. The molecule has 2 aromatic heterocycles. The SMILES string of the molecule is CCOc1ccc(C(=O)Nc2cnn(-c3ccccc3Cl)c2)cn1. The third-order valence-electron chi connectivity index (χ3n) is 3.23. The molecule has 0 spiro atoms. The molecule has 3 aromatic rings. The van der Waals surface area contributed by atoms with Crippen molar-refractivity contribution in [1.29, 1.82) is 0 Å². The number of para-hydroxylation sites is 1. The van der Waals surface area contributed by atoms with Gasteiger partial charge in [-0.05, 0) is 25.1 Å². The zero-order chi connectivity index (χ0) is 16.9. The van der Waals surface area contributed by atoms with Gasteiger partial charge in [-0.25, -0.2) is 9.67 Å². The Morgan fingerprint density at radius 3 is 2.79 bits per heavy atom. The normalized spacial score (nSPS) is 10.4. The van der Waals surface area contributed by atoms with Crippen LogP contribution in [0.2, 0.25) is 5.02 Å². The van der Waals surface area contributed by atoms with Gasteiger partial charge in [0.2, 0.25) is 5.88 Å². The fourth-order valence-electron chi connectivity index (χ4n) is 2.11. The quantitative estimate of drug-likeness (QED) is 0.769. The van der Waals surface area contributed by atoms with E-state index in [-0.39, 0.29) is 5.91 Å². The molecular weight excluding hydrogens is 328 g/mol. The van der Waals surface area contributed by atoms with Gasteiger partial charge in [0.1, 0.15) is 0 Å². The summed E-state index contributed by atoms with van der Waals surface area (Å²) in [6, 6.07) is 10.7. The minimum absolute atomic E-state index is 0.274. The van der Waals surface area contributed by atoms with Crippen LogP contribution in [0.5, 0.6) is 5.88 Å². The minimum atomic E-state index is -0.274. The molecule has 0 fully saturated rings. The average Bonchev–Trinajstić information content (AvgIpc) is 3.04. The van der Waals surface area contributed by atoms with Crippen molar-refractivity contribution in [2.24, 2.45) is 0 Å². The number of hydrogen-bond acceptors (Lipinski definition) is 4. The van der Waals surface area contributed by atoms with Crippen LogP contribution in [0.4, 0.5) is 5.69 Å². The van der Waals surface area contributed by atoms with Crippen molar-refractivity contribution < 1.29 is 9.53 Å². The van der Waals surface area contributed by atoms with E-state index in [0.29, 0.717) is 28.8 Å². The number of anilines is 1. The number of pyridine rings is 1. The zero-order valence-electron chi connectivity index (χ0n) is 12.9. The first-order valence-corrected chi connectivity index (χ1v) is 7.75. The lowest BCUT2D eigenvalue weighted by atomic mass is 10.2. The highest BCUT2D eigenvalue weighted by Gasteiger charge is 2.10. The highest BCUT2D eigenvalue weighted by molar-refractivity contribution is 6.32. The number of nitrogens with zero attached hydrogens (tertiary/aromatic N) is 3. The van der Waals surface area contributed by atoms with Crippen molar-refractivity contribution >= 4 is 23.2 Å². The Morgan fingerprint density at radius 1 is 1.25 bits per heavy atom. The van der Waals surface area contributed by atoms with E-state index in [0.717, 1.165) is 5.69 Å². The van der Waals surface area contributed by atoms with Gasteiger partial charge in [0, 0.05) is 12.3 Å². The molecule has 1 aromatic carbocycles. The van der Waals surface area contributed by atoms with Gasteiger partial charge in [-0.2, -0.15) is 5.10 Å². The van der Waals surface area contributed by atoms with E-state index in [4.69, 9.17) is 16.3 Å². The molecule has 0 saturated carbocycles. The lowest BCUT2D eigenvalue weighted by Crippen LogP contribution is -2.11. The smallest absolute Gasteiger partial charge is 0.257 e. The van der Waals surface area contributed by atoms with Crippen molar-refractivity contribution in [2.75, 3.05) is 11.9 Å². The molecular formula is C17H15ClN4O2. The summed E-state index contributed by atoms with van der Waals surface area (Å²) in [4.78, 5) is 16.3. The molecule has 122 valence electrons. The van der Waals surface area contributed by atoms with Gasteiger partial charge in [-0.3, -0.25) is 4.79 Å². The van der Waals surface area contributed by atoms with E-state index >= 15 is 0 Å². The first-order valence-electron chi connectivity index (χ1n) is 7.37. The maximum atomic E-state index is 12.2. The van der Waals surface area contributed by atoms with Crippen LogP contribution in [-0.4, -0.2) is 27.3 Å². The summed E-state index contributed by atoms with van der Waals surface area (Å²) in [5.74, 6) is 0.213. The number of hydrogen-bond donors (Lipinski definition) is 1. The Kier molecular flexibility index (Phi) is 4.77. The Hall–Kier alpha value is -2.86. The summed E-state index contributed by atoms with van der Waals surface area (Å²) in [6.45, 7) is 2.40. The first-order chi connectivity index (χ1) is 11.7. The van der Waals surface area contributed by atoms with Crippen molar-refractivity contribution in [3.63, 3.8) is 0 Å². The maximum absolute atomic E-state index is 12.2. The predicted octanol–water partition coefficient (Wildman–Crippen LogP) is 3.57. The molecule has 24 heavy (non-hydrogen) atoms. The van der Waals surface area contributed by atoms with Crippen molar-refractivity contribution in [3.05, 3.63) is 65.6 Å². The summed E-state index contributed by atoms with van der Waals surface area (Å²) in [5, 5.41) is 7.57. The van der Waals surface area contributed by atoms with Crippen LogP contribution in [0.1, 0.15) is 17.3 Å². The Bertz CT molecular complexity index is 846. The molecule has 6 nitrogen and oxygen atoms in total. The molecule has 0 atom stereocenters. The number of carbonyl (C=O) groups excluding carboxylic acids is 1. The number of carbonyl (C=O) groups is 1. The lowest BCUT2D eigenvalue weighted by Gasteiger charge is -2.05. The highest BCUT2D eigenvalue weighted by atomic mass is 35.5. The molecule has 0 aliphatic heterocycles. The Morgan fingerprint density at radius 2 is 2.08 bits per heavy atom. The van der Waals surface area contributed by atoms with Crippen LogP contribution in [-0.2, 0) is 0 Å². The van der Waals surface area contributed by atoms with Gasteiger partial charge in [0.05, 0.1) is 41.0 Å². The predicted molar refractivity (Wildman–Crippen MR) is 91.9 cm³/mol. The second-order valence-corrected chi connectivity index (χ2v) is 5.30. The topological polar surface area (TPSA) is 69.0 Å². The standard InChI is InChI=1S/C17H15ClN4O2/c1-2-24-16-8-7-12(9-19-16)17(23)21-13-10-20-22(11-13)15-6-4-3-5-14(15)18/h3-11H,2H2,1H3,(H,21,23). The van der Waals surface area contributed by atoms with Crippen LogP contribution >= 0.6 is 11.6 Å².